The molecule has 9 nitrogen and oxygen atoms in total. The summed E-state index contributed by atoms with van der Waals surface area (Å²) < 4.78 is 1.36. The van der Waals surface area contributed by atoms with Crippen LogP contribution in [0.5, 0.6) is 0 Å². The molecule has 9 heteroatoms. The average Bonchev–Trinajstić information content (AvgIpc) is 2.82. The molecule has 0 saturated carbocycles. The molecule has 3 heterocycles. The maximum Gasteiger partial charge on any atom is 0.253 e. The summed E-state index contributed by atoms with van der Waals surface area (Å²) in [5.41, 5.74) is 1.80. The number of hydrogen-bond donors (Lipinski definition) is 1. The molecule has 4 rings (SSSR count). The number of aromatic nitrogens is 3. The van der Waals surface area contributed by atoms with Gasteiger partial charge in [0, 0.05) is 62.1 Å². The van der Waals surface area contributed by atoms with E-state index >= 15 is 0 Å². The highest BCUT2D eigenvalue weighted by Gasteiger charge is 2.23. The molecule has 1 aliphatic heterocycles. The number of rotatable bonds is 5. The summed E-state index contributed by atoms with van der Waals surface area (Å²) in [5, 5.41) is 2.76. The Labute approximate surface area is 185 Å². The minimum atomic E-state index is -0.309. The van der Waals surface area contributed by atoms with Gasteiger partial charge >= 0.3 is 0 Å². The zero-order valence-corrected chi connectivity index (χ0v) is 17.8. The fourth-order valence-corrected chi connectivity index (χ4v) is 3.57. The molecule has 1 N–H and O–H groups in total. The maximum absolute atomic E-state index is 12.8. The van der Waals surface area contributed by atoms with E-state index in [2.05, 4.69) is 20.2 Å². The first-order valence-electron chi connectivity index (χ1n) is 10.4. The van der Waals surface area contributed by atoms with Gasteiger partial charge in [0.1, 0.15) is 6.54 Å². The number of pyridine rings is 1. The molecule has 0 unspecified atom stereocenters. The Morgan fingerprint density at radius 1 is 0.969 bits per heavy atom. The Hall–Kier alpha value is -4.01. The van der Waals surface area contributed by atoms with Gasteiger partial charge in [-0.15, -0.1) is 0 Å². The molecule has 0 aliphatic carbocycles. The second-order valence-corrected chi connectivity index (χ2v) is 7.63. The molecule has 0 radical (unpaired) electrons. The number of aryl methyl sites for hydroxylation is 1. The molecule has 164 valence electrons. The van der Waals surface area contributed by atoms with E-state index in [4.69, 9.17) is 0 Å². The Morgan fingerprint density at radius 3 is 2.34 bits per heavy atom. The Morgan fingerprint density at radius 2 is 1.66 bits per heavy atom. The standard InChI is InChI=1S/C23H24N6O3/c1-17-3-8-21(31)29(15-17)16-20(30)26-19-6-4-18(5-7-19)22(32)27-11-13-28(14-12-27)23-24-9-2-10-25-23/h2-10,15H,11-14,16H2,1H3,(H,26,30). The molecular weight excluding hydrogens is 408 g/mol. The van der Waals surface area contributed by atoms with Crippen LogP contribution in [0.25, 0.3) is 0 Å². The van der Waals surface area contributed by atoms with Crippen molar-refractivity contribution in [2.24, 2.45) is 0 Å². The van der Waals surface area contributed by atoms with Crippen LogP contribution in [0.1, 0.15) is 15.9 Å². The van der Waals surface area contributed by atoms with E-state index in [0.717, 1.165) is 5.56 Å². The van der Waals surface area contributed by atoms with Crippen LogP contribution in [0.4, 0.5) is 11.6 Å². The quantitative estimate of drug-likeness (QED) is 0.657. The van der Waals surface area contributed by atoms with Gasteiger partial charge in [0.2, 0.25) is 11.9 Å². The smallest absolute Gasteiger partial charge is 0.253 e. The van der Waals surface area contributed by atoms with Gasteiger partial charge in [0.05, 0.1) is 0 Å². The van der Waals surface area contributed by atoms with Crippen molar-refractivity contribution in [2.75, 3.05) is 36.4 Å². The lowest BCUT2D eigenvalue weighted by Crippen LogP contribution is -2.49. The number of amides is 2. The molecule has 0 bridgehead atoms. The topological polar surface area (TPSA) is 100 Å². The molecule has 0 atom stereocenters. The van der Waals surface area contributed by atoms with Gasteiger partial charge in [-0.2, -0.15) is 0 Å². The molecule has 1 fully saturated rings. The van der Waals surface area contributed by atoms with Crippen LogP contribution < -0.4 is 15.8 Å². The van der Waals surface area contributed by atoms with Crippen LogP contribution in [0.3, 0.4) is 0 Å². The summed E-state index contributed by atoms with van der Waals surface area (Å²) in [4.78, 5) is 49.4. The molecule has 2 aromatic heterocycles. The molecule has 1 aliphatic rings. The van der Waals surface area contributed by atoms with Crippen LogP contribution in [-0.2, 0) is 11.3 Å². The van der Waals surface area contributed by atoms with Gasteiger partial charge in [-0.1, -0.05) is 6.07 Å². The van der Waals surface area contributed by atoms with Crippen molar-refractivity contribution in [3.8, 4) is 0 Å². The monoisotopic (exact) mass is 432 g/mol. The third-order valence-electron chi connectivity index (χ3n) is 5.26. The summed E-state index contributed by atoms with van der Waals surface area (Å²) in [6, 6.07) is 11.7. The summed E-state index contributed by atoms with van der Waals surface area (Å²) in [5.74, 6) is 0.312. The number of carbonyl (C=O) groups excluding carboxylic acids is 2. The van der Waals surface area contributed by atoms with E-state index in [9.17, 15) is 14.4 Å². The lowest BCUT2D eigenvalue weighted by molar-refractivity contribution is -0.116. The lowest BCUT2D eigenvalue weighted by Gasteiger charge is -2.34. The summed E-state index contributed by atoms with van der Waals surface area (Å²) in [7, 11) is 0. The first kappa shape index (κ1) is 21.2. The predicted octanol–water partition coefficient (Wildman–Crippen LogP) is 1.55. The van der Waals surface area contributed by atoms with E-state index in [1.54, 1.807) is 59.9 Å². The molecule has 1 aromatic carbocycles. The van der Waals surface area contributed by atoms with Crippen molar-refractivity contribution in [3.05, 3.63) is 82.5 Å². The zero-order valence-electron chi connectivity index (χ0n) is 17.8. The van der Waals surface area contributed by atoms with E-state index in [1.807, 2.05) is 6.92 Å². The fourth-order valence-electron chi connectivity index (χ4n) is 3.57. The maximum atomic E-state index is 12.8. The van der Waals surface area contributed by atoms with Crippen molar-refractivity contribution >= 4 is 23.5 Å². The van der Waals surface area contributed by atoms with Crippen molar-refractivity contribution in [1.29, 1.82) is 0 Å². The second kappa shape index (κ2) is 9.42. The van der Waals surface area contributed by atoms with E-state index in [1.165, 1.54) is 10.6 Å². The summed E-state index contributed by atoms with van der Waals surface area (Å²) in [6.45, 7) is 4.29. The number of hydrogen-bond acceptors (Lipinski definition) is 6. The molecule has 1 saturated heterocycles. The number of benzene rings is 1. The molecule has 2 amide bonds. The number of nitrogens with zero attached hydrogens (tertiary/aromatic N) is 5. The second-order valence-electron chi connectivity index (χ2n) is 7.63. The summed E-state index contributed by atoms with van der Waals surface area (Å²) >= 11 is 0. The zero-order chi connectivity index (χ0) is 22.5. The largest absolute Gasteiger partial charge is 0.337 e. The number of nitrogens with one attached hydrogen (secondary N) is 1. The Bertz CT molecular complexity index is 1150. The average molecular weight is 432 g/mol. The van der Waals surface area contributed by atoms with Gasteiger partial charge < -0.3 is 19.7 Å². The number of anilines is 2. The van der Waals surface area contributed by atoms with Gasteiger partial charge in [0.25, 0.3) is 11.5 Å². The lowest BCUT2D eigenvalue weighted by atomic mass is 10.1. The molecule has 3 aromatic rings. The molecule has 32 heavy (non-hydrogen) atoms. The van der Waals surface area contributed by atoms with E-state index < -0.39 is 0 Å². The van der Waals surface area contributed by atoms with E-state index in [-0.39, 0.29) is 23.9 Å². The molecule has 0 spiro atoms. The van der Waals surface area contributed by atoms with Crippen molar-refractivity contribution in [1.82, 2.24) is 19.4 Å². The van der Waals surface area contributed by atoms with Crippen molar-refractivity contribution in [2.45, 2.75) is 13.5 Å². The highest BCUT2D eigenvalue weighted by molar-refractivity contribution is 5.96. The minimum absolute atomic E-state index is 0.0529. The normalized spacial score (nSPS) is 13.7. The molecular formula is C23H24N6O3. The van der Waals surface area contributed by atoms with E-state index in [0.29, 0.717) is 43.4 Å². The minimum Gasteiger partial charge on any atom is -0.337 e. The van der Waals surface area contributed by atoms with Crippen LogP contribution in [0.2, 0.25) is 0 Å². The van der Waals surface area contributed by atoms with Crippen molar-refractivity contribution < 1.29 is 9.59 Å². The Balaban J connectivity index is 1.32. The van der Waals surface area contributed by atoms with Crippen LogP contribution in [-0.4, -0.2) is 57.4 Å². The first-order chi connectivity index (χ1) is 15.5. The number of carbonyl (C=O) groups is 2. The Kier molecular flexibility index (Phi) is 6.25. The highest BCUT2D eigenvalue weighted by Crippen LogP contribution is 2.15. The SMILES string of the molecule is Cc1ccc(=O)n(CC(=O)Nc2ccc(C(=O)N3CCN(c4ncccn4)CC3)cc2)c1. The third-order valence-corrected chi connectivity index (χ3v) is 5.26. The predicted molar refractivity (Wildman–Crippen MR) is 121 cm³/mol. The first-order valence-corrected chi connectivity index (χ1v) is 10.4. The number of piperazine rings is 1. The summed E-state index contributed by atoms with van der Waals surface area (Å²) in [6.07, 6.45) is 5.06. The van der Waals surface area contributed by atoms with Gasteiger partial charge in [-0.25, -0.2) is 9.97 Å². The van der Waals surface area contributed by atoms with Crippen LogP contribution in [0, 0.1) is 6.92 Å². The van der Waals surface area contributed by atoms with Gasteiger partial charge in [0.15, 0.2) is 0 Å². The van der Waals surface area contributed by atoms with Crippen LogP contribution >= 0.6 is 0 Å². The van der Waals surface area contributed by atoms with Gasteiger partial charge in [-0.3, -0.25) is 14.4 Å². The van der Waals surface area contributed by atoms with Gasteiger partial charge in [-0.05, 0) is 42.8 Å². The van der Waals surface area contributed by atoms with Crippen LogP contribution in [0.15, 0.2) is 65.8 Å². The van der Waals surface area contributed by atoms with Crippen molar-refractivity contribution in [3.63, 3.8) is 0 Å². The highest BCUT2D eigenvalue weighted by atomic mass is 16.2. The third kappa shape index (κ3) is 5.00. The fraction of sp³-hybridized carbons (Fsp3) is 0.261.